The Balaban J connectivity index is 1.68. The van der Waals surface area contributed by atoms with Gasteiger partial charge in [-0.2, -0.15) is 0 Å². The van der Waals surface area contributed by atoms with Crippen molar-refractivity contribution in [3.8, 4) is 11.5 Å². The molecule has 0 aliphatic rings. The molecule has 0 atom stereocenters. The number of rotatable bonds is 6. The summed E-state index contributed by atoms with van der Waals surface area (Å²) >= 11 is 0. The molecule has 0 saturated carbocycles. The molecule has 1 heterocycles. The molecule has 0 saturated heterocycles. The number of aryl methyl sites for hydroxylation is 1. The van der Waals surface area contributed by atoms with Gasteiger partial charge < -0.3 is 19.0 Å². The number of aromatic hydroxyl groups is 1. The fraction of sp³-hybridized carbons (Fsp3) is 0.273. The zero-order chi connectivity index (χ0) is 20.3. The van der Waals surface area contributed by atoms with Crippen LogP contribution in [-0.2, 0) is 16.1 Å². The Labute approximate surface area is 162 Å². The summed E-state index contributed by atoms with van der Waals surface area (Å²) in [7, 11) is 0. The van der Waals surface area contributed by atoms with Crippen molar-refractivity contribution in [3.05, 3.63) is 69.6 Å². The number of hydrogen-bond acceptors (Lipinski definition) is 6. The molecule has 6 heteroatoms. The quantitative estimate of drug-likeness (QED) is 0.511. The SMILES string of the molecule is Cc1ccc(C(C)C)c(OCC(=O)OCc2cc(=O)oc3cc(O)ccc23)c1. The van der Waals surface area contributed by atoms with Gasteiger partial charge in [0.05, 0.1) is 0 Å². The molecule has 0 aliphatic carbocycles. The molecule has 2 aromatic carbocycles. The summed E-state index contributed by atoms with van der Waals surface area (Å²) in [6.07, 6.45) is 0. The lowest BCUT2D eigenvalue weighted by atomic mass is 10.0. The molecule has 1 N–H and O–H groups in total. The van der Waals surface area contributed by atoms with Crippen molar-refractivity contribution in [2.24, 2.45) is 0 Å². The third-order valence-corrected chi connectivity index (χ3v) is 4.34. The Morgan fingerprint density at radius 2 is 1.93 bits per heavy atom. The van der Waals surface area contributed by atoms with Crippen LogP contribution >= 0.6 is 0 Å². The summed E-state index contributed by atoms with van der Waals surface area (Å²) in [5.74, 6) is 0.361. The third kappa shape index (κ3) is 4.52. The molecule has 1 aromatic heterocycles. The van der Waals surface area contributed by atoms with E-state index in [0.717, 1.165) is 11.1 Å². The van der Waals surface area contributed by atoms with E-state index in [2.05, 4.69) is 13.8 Å². The van der Waals surface area contributed by atoms with E-state index in [4.69, 9.17) is 13.9 Å². The van der Waals surface area contributed by atoms with E-state index in [0.29, 0.717) is 16.7 Å². The van der Waals surface area contributed by atoms with Crippen molar-refractivity contribution in [1.82, 2.24) is 0 Å². The van der Waals surface area contributed by atoms with Crippen molar-refractivity contribution in [1.29, 1.82) is 0 Å². The summed E-state index contributed by atoms with van der Waals surface area (Å²) in [6.45, 7) is 5.74. The monoisotopic (exact) mass is 382 g/mol. The van der Waals surface area contributed by atoms with E-state index in [-0.39, 0.29) is 30.5 Å². The summed E-state index contributed by atoms with van der Waals surface area (Å²) < 4.78 is 16.0. The molecule has 6 nitrogen and oxygen atoms in total. The average Bonchev–Trinajstić information content (AvgIpc) is 2.63. The molecule has 0 radical (unpaired) electrons. The van der Waals surface area contributed by atoms with Crippen LogP contribution in [0.1, 0.15) is 36.5 Å². The van der Waals surface area contributed by atoms with Crippen LogP contribution in [-0.4, -0.2) is 17.7 Å². The second-order valence-electron chi connectivity index (χ2n) is 6.92. The van der Waals surface area contributed by atoms with Gasteiger partial charge in [0.15, 0.2) is 6.61 Å². The topological polar surface area (TPSA) is 86.0 Å². The summed E-state index contributed by atoms with van der Waals surface area (Å²) in [4.78, 5) is 23.8. The molecule has 0 unspecified atom stereocenters. The minimum Gasteiger partial charge on any atom is -0.508 e. The Hall–Kier alpha value is -3.28. The van der Waals surface area contributed by atoms with Gasteiger partial charge >= 0.3 is 11.6 Å². The van der Waals surface area contributed by atoms with Gasteiger partial charge in [-0.25, -0.2) is 9.59 Å². The van der Waals surface area contributed by atoms with E-state index in [1.807, 2.05) is 25.1 Å². The van der Waals surface area contributed by atoms with Crippen molar-refractivity contribution >= 4 is 16.9 Å². The van der Waals surface area contributed by atoms with Crippen LogP contribution in [0.5, 0.6) is 11.5 Å². The van der Waals surface area contributed by atoms with Gasteiger partial charge in [-0.05, 0) is 42.2 Å². The number of benzene rings is 2. The fourth-order valence-electron chi connectivity index (χ4n) is 2.92. The van der Waals surface area contributed by atoms with E-state index >= 15 is 0 Å². The Kier molecular flexibility index (Phi) is 5.68. The van der Waals surface area contributed by atoms with Gasteiger partial charge in [0.25, 0.3) is 0 Å². The second-order valence-corrected chi connectivity index (χ2v) is 6.92. The maximum atomic E-state index is 12.1. The van der Waals surface area contributed by atoms with Crippen molar-refractivity contribution in [2.75, 3.05) is 6.61 Å². The lowest BCUT2D eigenvalue weighted by Gasteiger charge is -2.14. The first-order valence-electron chi connectivity index (χ1n) is 8.98. The smallest absolute Gasteiger partial charge is 0.344 e. The minimum absolute atomic E-state index is 0.0164. The highest BCUT2D eigenvalue weighted by Gasteiger charge is 2.13. The molecule has 0 bridgehead atoms. The predicted octanol–water partition coefficient (Wildman–Crippen LogP) is 4.05. The molecular formula is C22H22O6. The van der Waals surface area contributed by atoms with Crippen molar-refractivity contribution in [2.45, 2.75) is 33.3 Å². The first-order valence-corrected chi connectivity index (χ1v) is 8.98. The molecule has 0 amide bonds. The van der Waals surface area contributed by atoms with Gasteiger partial charge in [0, 0.05) is 23.1 Å². The summed E-state index contributed by atoms with van der Waals surface area (Å²) in [6, 6.07) is 11.6. The predicted molar refractivity (Wildman–Crippen MR) is 105 cm³/mol. The van der Waals surface area contributed by atoms with Gasteiger partial charge in [-0.3, -0.25) is 0 Å². The zero-order valence-corrected chi connectivity index (χ0v) is 16.0. The largest absolute Gasteiger partial charge is 0.508 e. The summed E-state index contributed by atoms with van der Waals surface area (Å²) in [5, 5.41) is 10.1. The molecule has 3 rings (SSSR count). The minimum atomic E-state index is -0.582. The fourth-order valence-corrected chi connectivity index (χ4v) is 2.92. The van der Waals surface area contributed by atoms with Crippen LogP contribution in [0.3, 0.4) is 0 Å². The van der Waals surface area contributed by atoms with Gasteiger partial charge in [-0.1, -0.05) is 26.0 Å². The molecular weight excluding hydrogens is 360 g/mol. The average molecular weight is 382 g/mol. The number of carbonyl (C=O) groups is 1. The van der Waals surface area contributed by atoms with Crippen molar-refractivity contribution in [3.63, 3.8) is 0 Å². The molecule has 3 aromatic rings. The molecule has 0 spiro atoms. The number of hydrogen-bond donors (Lipinski definition) is 1. The Morgan fingerprint density at radius 1 is 1.14 bits per heavy atom. The highest BCUT2D eigenvalue weighted by atomic mass is 16.6. The number of fused-ring (bicyclic) bond motifs is 1. The van der Waals surface area contributed by atoms with E-state index in [9.17, 15) is 14.7 Å². The van der Waals surface area contributed by atoms with Crippen LogP contribution < -0.4 is 10.4 Å². The van der Waals surface area contributed by atoms with Crippen LogP contribution in [0.2, 0.25) is 0 Å². The van der Waals surface area contributed by atoms with Gasteiger partial charge in [0.1, 0.15) is 23.7 Å². The van der Waals surface area contributed by atoms with Gasteiger partial charge in [0.2, 0.25) is 0 Å². The van der Waals surface area contributed by atoms with Gasteiger partial charge in [-0.15, -0.1) is 0 Å². The number of esters is 1. The molecule has 0 aliphatic heterocycles. The molecule has 28 heavy (non-hydrogen) atoms. The second kappa shape index (κ2) is 8.17. The van der Waals surface area contributed by atoms with Crippen LogP contribution in [0.25, 0.3) is 11.0 Å². The van der Waals surface area contributed by atoms with E-state index in [1.165, 1.54) is 18.2 Å². The highest BCUT2D eigenvalue weighted by molar-refractivity contribution is 5.81. The normalized spacial score (nSPS) is 11.0. The first-order chi connectivity index (χ1) is 13.3. The number of phenols is 1. The standard InChI is InChI=1S/C22H22O6/c1-13(2)17-6-4-14(3)8-19(17)26-12-22(25)27-11-15-9-21(24)28-20-10-16(23)5-7-18(15)20/h4-10,13,23H,11-12H2,1-3H3. The Bertz CT molecular complexity index is 1060. The summed E-state index contributed by atoms with van der Waals surface area (Å²) in [5.41, 5.74) is 2.21. The number of ether oxygens (including phenoxy) is 2. The third-order valence-electron chi connectivity index (χ3n) is 4.34. The molecule has 0 fully saturated rings. The van der Waals surface area contributed by atoms with E-state index in [1.54, 1.807) is 6.07 Å². The number of carbonyl (C=O) groups excluding carboxylic acids is 1. The zero-order valence-electron chi connectivity index (χ0n) is 16.0. The number of phenolic OH excluding ortho intramolecular Hbond substituents is 1. The lowest BCUT2D eigenvalue weighted by molar-refractivity contribution is -0.147. The van der Waals surface area contributed by atoms with Crippen molar-refractivity contribution < 1.29 is 23.8 Å². The van der Waals surface area contributed by atoms with Crippen LogP contribution in [0, 0.1) is 6.92 Å². The van der Waals surface area contributed by atoms with Crippen LogP contribution in [0.4, 0.5) is 0 Å². The maximum Gasteiger partial charge on any atom is 0.344 e. The van der Waals surface area contributed by atoms with E-state index < -0.39 is 11.6 Å². The first kappa shape index (κ1) is 19.5. The Morgan fingerprint density at radius 3 is 2.68 bits per heavy atom. The molecule has 146 valence electrons. The lowest BCUT2D eigenvalue weighted by Crippen LogP contribution is -2.16. The van der Waals surface area contributed by atoms with Crippen LogP contribution in [0.15, 0.2) is 51.7 Å². The highest BCUT2D eigenvalue weighted by Crippen LogP contribution is 2.27. The maximum absolute atomic E-state index is 12.1.